The summed E-state index contributed by atoms with van der Waals surface area (Å²) in [5, 5.41) is 6.91. The average molecular weight is 571 g/mol. The van der Waals surface area contributed by atoms with E-state index in [9.17, 15) is 0 Å². The molecular weight excluding hydrogens is 514 g/mol. The molecular formula is C20H56IKN2O5. The molecule has 29 heavy (non-hydrogen) atoms. The fourth-order valence-corrected chi connectivity index (χ4v) is 2.25. The Hall–Kier alpha value is 2.09. The van der Waals surface area contributed by atoms with Gasteiger partial charge in [0.1, 0.15) is 0 Å². The average Bonchev–Trinajstić information content (AvgIpc) is 2.54. The Balaban J connectivity index is -0.0000000317. The number of hydrogen-bond donors (Lipinski definition) is 2. The maximum absolute atomic E-state index is 3.46. The molecule has 0 saturated heterocycles. The van der Waals surface area contributed by atoms with Crippen LogP contribution in [0.5, 0.6) is 0 Å². The van der Waals surface area contributed by atoms with E-state index in [0.29, 0.717) is 0 Å². The normalized spacial score (nSPS) is 7.86. The maximum atomic E-state index is 3.46. The van der Waals surface area contributed by atoms with E-state index in [2.05, 4.69) is 38.3 Å². The zero-order chi connectivity index (χ0) is 16.7. The van der Waals surface area contributed by atoms with E-state index in [4.69, 9.17) is 0 Å². The van der Waals surface area contributed by atoms with E-state index in [-0.39, 0.29) is 103 Å². The van der Waals surface area contributed by atoms with Crippen LogP contribution in [0.2, 0.25) is 0 Å². The third-order valence-corrected chi connectivity index (χ3v) is 3.83. The Kier molecular flexibility index (Phi) is 125. The van der Waals surface area contributed by atoms with Gasteiger partial charge in [0.2, 0.25) is 0 Å². The van der Waals surface area contributed by atoms with Crippen LogP contribution in [0.15, 0.2) is 0 Å². The molecule has 0 spiro atoms. The van der Waals surface area contributed by atoms with Gasteiger partial charge in [-0.05, 0) is 51.9 Å². The number of hydrogen-bond acceptors (Lipinski definition) is 3. The molecule has 0 unspecified atom stereocenters. The monoisotopic (exact) mass is 570 g/mol. The summed E-state index contributed by atoms with van der Waals surface area (Å²) in [7, 11) is 0. The van der Waals surface area contributed by atoms with E-state index in [1.54, 1.807) is 0 Å². The molecule has 0 bridgehead atoms. The topological polar surface area (TPSA) is 180 Å². The molecule has 0 aliphatic heterocycles. The molecule has 0 radical (unpaired) electrons. The zero-order valence-corrected chi connectivity index (χ0v) is 25.6. The smallest absolute Gasteiger partial charge is 0.870 e. The Morgan fingerprint density at radius 2 is 0.586 bits per heavy atom. The van der Waals surface area contributed by atoms with Gasteiger partial charge in [0.15, 0.2) is 0 Å². The summed E-state index contributed by atoms with van der Waals surface area (Å²) in [5.41, 5.74) is 0. The molecule has 184 valence electrons. The second kappa shape index (κ2) is 63.1. The molecule has 0 amide bonds. The first kappa shape index (κ1) is 57.7. The van der Waals surface area contributed by atoms with Gasteiger partial charge in [0, 0.05) is 0 Å². The van der Waals surface area contributed by atoms with Crippen molar-refractivity contribution >= 4 is 24.0 Å². The predicted molar refractivity (Wildman–Crippen MR) is 136 cm³/mol. The van der Waals surface area contributed by atoms with Gasteiger partial charge in [0.05, 0.1) is 0 Å². The van der Waals surface area contributed by atoms with Crippen LogP contribution in [0.4, 0.5) is 0 Å². The molecule has 0 saturated carbocycles. The predicted octanol–water partition coefficient (Wildman–Crippen LogP) is 0.0592. The summed E-state index contributed by atoms with van der Waals surface area (Å²) in [6, 6.07) is 0. The van der Waals surface area contributed by atoms with Gasteiger partial charge in [-0.15, -0.1) is 24.0 Å². The molecule has 0 aliphatic rings. The van der Waals surface area contributed by atoms with Crippen molar-refractivity contribution in [1.82, 2.24) is 10.6 Å². The first-order valence-electron chi connectivity index (χ1n) is 10.2. The quantitative estimate of drug-likeness (QED) is 0.152. The second-order valence-electron chi connectivity index (χ2n) is 6.33. The van der Waals surface area contributed by atoms with Gasteiger partial charge < -0.3 is 38.0 Å². The Labute approximate surface area is 241 Å². The number of halogens is 1. The van der Waals surface area contributed by atoms with Gasteiger partial charge in [-0.2, -0.15) is 0 Å². The first-order chi connectivity index (χ1) is 10.8. The summed E-state index contributed by atoms with van der Waals surface area (Å²) >= 11 is 0. The van der Waals surface area contributed by atoms with Crippen LogP contribution in [-0.4, -0.2) is 53.6 Å². The van der Waals surface area contributed by atoms with Crippen LogP contribution in [0.1, 0.15) is 105 Å². The summed E-state index contributed by atoms with van der Waals surface area (Å²) in [5.74, 6) is 0. The third kappa shape index (κ3) is 72.6. The Bertz CT molecular complexity index is 157. The molecule has 11 N–H and O–H groups in total. The molecule has 9 heteroatoms. The van der Waals surface area contributed by atoms with Gasteiger partial charge >= 0.3 is 51.4 Å². The van der Waals surface area contributed by atoms with E-state index in [1.807, 2.05) is 0 Å². The molecule has 0 atom stereocenters. The minimum Gasteiger partial charge on any atom is -0.870 e. The molecule has 0 aliphatic carbocycles. The van der Waals surface area contributed by atoms with E-state index in [0.717, 1.165) is 0 Å². The van der Waals surface area contributed by atoms with Crippen LogP contribution >= 0.6 is 24.0 Å². The van der Waals surface area contributed by atoms with Crippen molar-refractivity contribution in [3.63, 3.8) is 0 Å². The summed E-state index contributed by atoms with van der Waals surface area (Å²) in [4.78, 5) is 0. The van der Waals surface area contributed by atoms with Crippen LogP contribution in [0.3, 0.4) is 0 Å². The third-order valence-electron chi connectivity index (χ3n) is 3.83. The maximum Gasteiger partial charge on any atom is 1.00 e. The minimum atomic E-state index is 0. The van der Waals surface area contributed by atoms with E-state index < -0.39 is 0 Å². The molecule has 0 aromatic rings. The van der Waals surface area contributed by atoms with Crippen molar-refractivity contribution in [2.24, 2.45) is 0 Å². The zero-order valence-electron chi connectivity index (χ0n) is 20.2. The van der Waals surface area contributed by atoms with Gasteiger partial charge in [-0.3, -0.25) is 0 Å². The second-order valence-corrected chi connectivity index (χ2v) is 6.33. The molecule has 0 fully saturated rings. The van der Waals surface area contributed by atoms with Crippen molar-refractivity contribution in [3.8, 4) is 0 Å². The molecule has 7 nitrogen and oxygen atoms in total. The Morgan fingerprint density at radius 1 is 0.414 bits per heavy atom. The molecule has 0 aromatic carbocycles. The molecule has 0 rings (SSSR count). The standard InChI is InChI=1S/2C10H23N.HI.K.5H2O/c2*1-3-5-7-9-11-10-8-6-4-2;;;;;;;/h2*11H,3-10H2,1-2H3;1H;;5*1H2/q;;;+1;;;;;/p-1. The van der Waals surface area contributed by atoms with Crippen molar-refractivity contribution in [2.45, 2.75) is 105 Å². The fourth-order valence-electron chi connectivity index (χ4n) is 2.25. The SMILES string of the molecule is CCCCCNCCCCC.CCCCCNCCCCC.I.O.O.O.O.[K+].[OH-]. The number of nitrogens with one attached hydrogen (secondary N) is 2. The van der Waals surface area contributed by atoms with E-state index in [1.165, 1.54) is 103 Å². The Morgan fingerprint density at radius 3 is 0.724 bits per heavy atom. The molecule has 0 aromatic heterocycles. The van der Waals surface area contributed by atoms with Crippen molar-refractivity contribution in [2.75, 3.05) is 26.2 Å². The van der Waals surface area contributed by atoms with Crippen molar-refractivity contribution < 1.29 is 78.8 Å². The van der Waals surface area contributed by atoms with Crippen molar-refractivity contribution in [3.05, 3.63) is 0 Å². The van der Waals surface area contributed by atoms with Gasteiger partial charge in [-0.1, -0.05) is 79.1 Å². The van der Waals surface area contributed by atoms with Gasteiger partial charge in [0.25, 0.3) is 0 Å². The van der Waals surface area contributed by atoms with Crippen LogP contribution in [0.25, 0.3) is 0 Å². The summed E-state index contributed by atoms with van der Waals surface area (Å²) < 4.78 is 0. The first-order valence-corrected chi connectivity index (χ1v) is 10.2. The fraction of sp³-hybridized carbons (Fsp3) is 1.00. The molecule has 0 heterocycles. The van der Waals surface area contributed by atoms with Crippen LogP contribution < -0.4 is 62.0 Å². The van der Waals surface area contributed by atoms with Crippen LogP contribution in [-0.2, 0) is 0 Å². The minimum absolute atomic E-state index is 0. The van der Waals surface area contributed by atoms with E-state index >= 15 is 0 Å². The number of rotatable bonds is 16. The largest absolute Gasteiger partial charge is 1.00 e. The number of unbranched alkanes of at least 4 members (excludes halogenated alkanes) is 8. The summed E-state index contributed by atoms with van der Waals surface area (Å²) in [6.45, 7) is 13.9. The summed E-state index contributed by atoms with van der Waals surface area (Å²) in [6.07, 6.45) is 16.2. The van der Waals surface area contributed by atoms with Crippen LogP contribution in [0, 0.1) is 0 Å². The van der Waals surface area contributed by atoms with Gasteiger partial charge in [-0.25, -0.2) is 0 Å². The van der Waals surface area contributed by atoms with Crippen molar-refractivity contribution in [1.29, 1.82) is 0 Å².